The van der Waals surface area contributed by atoms with Crippen LogP contribution in [-0.2, 0) is 13.5 Å². The molecule has 0 radical (unpaired) electrons. The molecule has 1 atom stereocenters. The fraction of sp³-hybridized carbons (Fsp3) is 0.400. The maximum Gasteiger partial charge on any atom is 0.0492 e. The second kappa shape index (κ2) is 6.87. The molecule has 0 saturated carbocycles. The van der Waals surface area contributed by atoms with Crippen LogP contribution in [0.25, 0.3) is 0 Å². The predicted molar refractivity (Wildman–Crippen MR) is 82.3 cm³/mol. The lowest BCUT2D eigenvalue weighted by Gasteiger charge is -2.17. The molecule has 3 nitrogen and oxygen atoms in total. The lowest BCUT2D eigenvalue weighted by molar-refractivity contribution is 0.567. The first-order valence-corrected chi connectivity index (χ1v) is 7.37. The van der Waals surface area contributed by atoms with Gasteiger partial charge in [-0.15, -0.1) is 0 Å². The maximum absolute atomic E-state index is 4.22. The minimum atomic E-state index is 0.535. The third-order valence-corrected chi connectivity index (χ3v) is 3.99. The number of hydrogen-bond donors (Lipinski definition) is 1. The molecule has 0 fully saturated rings. The highest BCUT2D eigenvalue weighted by Gasteiger charge is 2.12. The molecule has 1 aromatic carbocycles. The highest BCUT2D eigenvalue weighted by atomic mass is 79.9. The van der Waals surface area contributed by atoms with Gasteiger partial charge in [0.2, 0.25) is 0 Å². The Balaban J connectivity index is 2.04. The lowest BCUT2D eigenvalue weighted by atomic mass is 9.93. The highest BCUT2D eigenvalue weighted by Crippen LogP contribution is 2.23. The second-order valence-corrected chi connectivity index (χ2v) is 5.71. The number of benzene rings is 1. The topological polar surface area (TPSA) is 29.9 Å². The maximum atomic E-state index is 4.22. The van der Waals surface area contributed by atoms with Crippen molar-refractivity contribution in [2.24, 2.45) is 7.05 Å². The molecule has 0 bridgehead atoms. The highest BCUT2D eigenvalue weighted by molar-refractivity contribution is 9.10. The van der Waals surface area contributed by atoms with E-state index < -0.39 is 0 Å². The fourth-order valence-corrected chi connectivity index (χ4v) is 2.60. The molecule has 2 rings (SSSR count). The van der Waals surface area contributed by atoms with Crippen molar-refractivity contribution in [3.63, 3.8) is 0 Å². The Bertz CT molecular complexity index is 504. The van der Waals surface area contributed by atoms with Crippen molar-refractivity contribution in [1.29, 1.82) is 0 Å². The minimum absolute atomic E-state index is 0.535. The van der Waals surface area contributed by atoms with Crippen molar-refractivity contribution in [2.75, 3.05) is 13.6 Å². The van der Waals surface area contributed by atoms with Crippen LogP contribution in [0.3, 0.4) is 0 Å². The average molecular weight is 322 g/mol. The van der Waals surface area contributed by atoms with Crippen molar-refractivity contribution in [3.8, 4) is 0 Å². The van der Waals surface area contributed by atoms with Gasteiger partial charge in [-0.05, 0) is 49.6 Å². The Hall–Kier alpha value is -1.13. The van der Waals surface area contributed by atoms with Gasteiger partial charge >= 0.3 is 0 Å². The molecule has 0 amide bonds. The molecule has 0 aliphatic heterocycles. The van der Waals surface area contributed by atoms with E-state index in [1.54, 1.807) is 0 Å². The summed E-state index contributed by atoms with van der Waals surface area (Å²) < 4.78 is 3.09. The molecule has 1 unspecified atom stereocenters. The molecule has 4 heteroatoms. The van der Waals surface area contributed by atoms with Crippen molar-refractivity contribution < 1.29 is 0 Å². The number of aryl methyl sites for hydroxylation is 2. The fourth-order valence-electron chi connectivity index (χ4n) is 2.34. The molecule has 2 aromatic rings. The SMILES string of the molecule is CNCC(CCc1ccnn1C)c1ccc(Br)cc1. The van der Waals surface area contributed by atoms with Crippen LogP contribution >= 0.6 is 15.9 Å². The van der Waals surface area contributed by atoms with Gasteiger partial charge in [-0.2, -0.15) is 5.10 Å². The molecule has 102 valence electrons. The van der Waals surface area contributed by atoms with Gasteiger partial charge in [0.05, 0.1) is 0 Å². The van der Waals surface area contributed by atoms with E-state index in [0.717, 1.165) is 23.9 Å². The van der Waals surface area contributed by atoms with Crippen LogP contribution < -0.4 is 5.32 Å². The first kappa shape index (κ1) is 14.3. The molecule has 0 spiro atoms. The van der Waals surface area contributed by atoms with Gasteiger partial charge in [-0.1, -0.05) is 28.1 Å². The number of halogens is 1. The van der Waals surface area contributed by atoms with Gasteiger partial charge in [0.25, 0.3) is 0 Å². The Morgan fingerprint density at radius 3 is 2.58 bits per heavy atom. The van der Waals surface area contributed by atoms with E-state index in [1.165, 1.54) is 11.3 Å². The van der Waals surface area contributed by atoms with Gasteiger partial charge < -0.3 is 5.32 Å². The zero-order chi connectivity index (χ0) is 13.7. The van der Waals surface area contributed by atoms with Crippen LogP contribution in [0.1, 0.15) is 23.6 Å². The van der Waals surface area contributed by atoms with E-state index in [-0.39, 0.29) is 0 Å². The van der Waals surface area contributed by atoms with Crippen LogP contribution in [-0.4, -0.2) is 23.4 Å². The third-order valence-electron chi connectivity index (χ3n) is 3.46. The van der Waals surface area contributed by atoms with Crippen molar-refractivity contribution in [1.82, 2.24) is 15.1 Å². The standard InChI is InChI=1S/C15H20BrN3/c1-17-11-13(12-3-6-14(16)7-4-12)5-8-15-9-10-18-19(15)2/h3-4,6-7,9-10,13,17H,5,8,11H2,1-2H3. The minimum Gasteiger partial charge on any atom is -0.319 e. The number of likely N-dealkylation sites (N-methyl/N-ethyl adjacent to an activating group) is 1. The lowest BCUT2D eigenvalue weighted by Crippen LogP contribution is -2.18. The Kier molecular flexibility index (Phi) is 5.16. The van der Waals surface area contributed by atoms with Gasteiger partial charge in [0, 0.05) is 30.0 Å². The zero-order valence-corrected chi connectivity index (χ0v) is 13.0. The summed E-state index contributed by atoms with van der Waals surface area (Å²) in [6.45, 7) is 0.999. The molecule has 1 aromatic heterocycles. The largest absolute Gasteiger partial charge is 0.319 e. The number of rotatable bonds is 6. The monoisotopic (exact) mass is 321 g/mol. The zero-order valence-electron chi connectivity index (χ0n) is 11.4. The summed E-state index contributed by atoms with van der Waals surface area (Å²) in [5.74, 6) is 0.535. The number of nitrogens with zero attached hydrogens (tertiary/aromatic N) is 2. The Morgan fingerprint density at radius 1 is 1.26 bits per heavy atom. The van der Waals surface area contributed by atoms with Crippen molar-refractivity contribution >= 4 is 15.9 Å². The summed E-state index contributed by atoms with van der Waals surface area (Å²) in [6, 6.07) is 10.7. The van der Waals surface area contributed by atoms with E-state index in [2.05, 4.69) is 56.7 Å². The Labute approximate surface area is 123 Å². The molecule has 0 aliphatic rings. The van der Waals surface area contributed by atoms with Crippen LogP contribution in [0.5, 0.6) is 0 Å². The van der Waals surface area contributed by atoms with E-state index in [9.17, 15) is 0 Å². The first-order valence-electron chi connectivity index (χ1n) is 6.57. The number of aromatic nitrogens is 2. The van der Waals surface area contributed by atoms with E-state index >= 15 is 0 Å². The normalized spacial score (nSPS) is 12.6. The summed E-state index contributed by atoms with van der Waals surface area (Å²) >= 11 is 3.49. The van der Waals surface area contributed by atoms with E-state index in [4.69, 9.17) is 0 Å². The van der Waals surface area contributed by atoms with E-state index in [0.29, 0.717) is 5.92 Å². The van der Waals surface area contributed by atoms with Gasteiger partial charge in [-0.3, -0.25) is 4.68 Å². The third kappa shape index (κ3) is 3.91. The predicted octanol–water partition coefficient (Wildman–Crippen LogP) is 3.12. The summed E-state index contributed by atoms with van der Waals surface area (Å²) in [6.07, 6.45) is 4.04. The number of hydrogen-bond acceptors (Lipinski definition) is 2. The van der Waals surface area contributed by atoms with Crippen molar-refractivity contribution in [2.45, 2.75) is 18.8 Å². The molecule has 1 heterocycles. The van der Waals surface area contributed by atoms with Gasteiger partial charge in [0.15, 0.2) is 0 Å². The van der Waals surface area contributed by atoms with Crippen LogP contribution in [0.15, 0.2) is 41.0 Å². The Morgan fingerprint density at radius 2 is 2.00 bits per heavy atom. The summed E-state index contributed by atoms with van der Waals surface area (Å²) in [7, 11) is 4.01. The average Bonchev–Trinajstić information content (AvgIpc) is 2.81. The van der Waals surface area contributed by atoms with Gasteiger partial charge in [-0.25, -0.2) is 0 Å². The number of nitrogens with one attached hydrogen (secondary N) is 1. The molecule has 1 N–H and O–H groups in total. The molecular formula is C15H20BrN3. The molecule has 19 heavy (non-hydrogen) atoms. The molecular weight excluding hydrogens is 302 g/mol. The molecule has 0 aliphatic carbocycles. The smallest absolute Gasteiger partial charge is 0.0492 e. The van der Waals surface area contributed by atoms with Crippen LogP contribution in [0.2, 0.25) is 0 Å². The van der Waals surface area contributed by atoms with E-state index in [1.807, 2.05) is 25.0 Å². The second-order valence-electron chi connectivity index (χ2n) is 4.79. The van der Waals surface area contributed by atoms with Crippen LogP contribution in [0.4, 0.5) is 0 Å². The summed E-state index contributed by atoms with van der Waals surface area (Å²) in [4.78, 5) is 0. The first-order chi connectivity index (χ1) is 9.20. The summed E-state index contributed by atoms with van der Waals surface area (Å²) in [5.41, 5.74) is 2.68. The summed E-state index contributed by atoms with van der Waals surface area (Å²) in [5, 5.41) is 7.51. The van der Waals surface area contributed by atoms with Crippen molar-refractivity contribution in [3.05, 3.63) is 52.3 Å². The quantitative estimate of drug-likeness (QED) is 0.886. The van der Waals surface area contributed by atoms with Gasteiger partial charge in [0.1, 0.15) is 0 Å². The van der Waals surface area contributed by atoms with Crippen LogP contribution in [0, 0.1) is 0 Å². The molecule has 0 saturated heterocycles.